The molecule has 0 aliphatic rings. The van der Waals surface area contributed by atoms with E-state index in [0.29, 0.717) is 4.36 Å². The molecule has 0 amide bonds. The monoisotopic (exact) mass is 494 g/mol. The summed E-state index contributed by atoms with van der Waals surface area (Å²) in [5.74, 6) is 0. The zero-order valence-corrected chi connectivity index (χ0v) is 22.5. The van der Waals surface area contributed by atoms with Crippen LogP contribution in [0.5, 0.6) is 0 Å². The fourth-order valence-corrected chi connectivity index (χ4v) is 6.96. The third-order valence-electron chi connectivity index (χ3n) is 4.48. The van der Waals surface area contributed by atoms with Crippen molar-refractivity contribution >= 4 is 46.9 Å². The smallest absolute Gasteiger partial charge is 0.0737 e. The third kappa shape index (κ3) is 8.01. The van der Waals surface area contributed by atoms with Crippen LogP contribution >= 0.6 is 46.9 Å². The van der Waals surface area contributed by atoms with E-state index in [-0.39, 0.29) is 0 Å². The summed E-state index contributed by atoms with van der Waals surface area (Å²) in [5.41, 5.74) is 14.0. The normalized spacial score (nSPS) is 10.5. The Morgan fingerprint density at radius 3 is 1.16 bits per heavy atom. The van der Waals surface area contributed by atoms with Gasteiger partial charge in [-0.2, -0.15) is 0 Å². The Morgan fingerprint density at radius 2 is 0.812 bits per heavy atom. The van der Waals surface area contributed by atoms with E-state index in [2.05, 4.69) is 108 Å². The van der Waals surface area contributed by atoms with Gasteiger partial charge >= 0.3 is 0 Å². The van der Waals surface area contributed by atoms with Crippen LogP contribution in [-0.2, 0) is 0 Å². The van der Waals surface area contributed by atoms with Gasteiger partial charge in [-0.25, -0.2) is 0 Å². The van der Waals surface area contributed by atoms with Gasteiger partial charge in [0, 0.05) is 14.7 Å². The second kappa shape index (κ2) is 11.4. The van der Waals surface area contributed by atoms with Crippen molar-refractivity contribution in [2.24, 2.45) is 0 Å². The summed E-state index contributed by atoms with van der Waals surface area (Å²) in [6.45, 7) is 12.7. The number of aryl methyl sites for hydroxylation is 6. The van der Waals surface area contributed by atoms with Crippen molar-refractivity contribution in [2.45, 2.75) is 56.2 Å². The zero-order chi connectivity index (χ0) is 23.3. The predicted octanol–water partition coefficient (Wildman–Crippen LogP) is 9.89. The molecular weight excluding hydrogens is 468 g/mol. The van der Waals surface area contributed by atoms with E-state index >= 15 is 0 Å². The molecule has 32 heavy (non-hydrogen) atoms. The summed E-state index contributed by atoms with van der Waals surface area (Å²) in [4.78, 5) is 3.51. The minimum absolute atomic E-state index is 0.578. The van der Waals surface area contributed by atoms with Gasteiger partial charge in [-0.05, 0) is 123 Å². The number of hydrogen-bond acceptors (Lipinski definition) is 3. The first-order valence-electron chi connectivity index (χ1n) is 10.4. The lowest BCUT2D eigenvalue weighted by molar-refractivity contribution is 1.30. The van der Waals surface area contributed by atoms with E-state index in [1.54, 1.807) is 23.5 Å². The Balaban J connectivity index is 1.98. The van der Waals surface area contributed by atoms with Crippen molar-refractivity contribution in [1.82, 2.24) is 0 Å². The van der Waals surface area contributed by atoms with Gasteiger partial charge in [0.1, 0.15) is 8.60 Å². The van der Waals surface area contributed by atoms with Crippen molar-refractivity contribution in [2.75, 3.05) is 0 Å². The molecule has 0 saturated heterocycles. The highest BCUT2D eigenvalue weighted by molar-refractivity contribution is 8.22. The Morgan fingerprint density at radius 1 is 0.500 bits per heavy atom. The molecule has 0 nitrogen and oxygen atoms in total. The van der Waals surface area contributed by atoms with Crippen LogP contribution in [0.2, 0.25) is 0 Å². The van der Waals surface area contributed by atoms with Gasteiger partial charge < -0.3 is 0 Å². The van der Waals surface area contributed by atoms with E-state index in [9.17, 15) is 0 Å². The van der Waals surface area contributed by atoms with Crippen molar-refractivity contribution < 1.29 is 0 Å². The first kappa shape index (κ1) is 24.9. The molecule has 0 heterocycles. The van der Waals surface area contributed by atoms with Gasteiger partial charge in [0.15, 0.2) is 0 Å². The molecule has 0 N–H and O–H groups in total. The number of halogens is 1. The quantitative estimate of drug-likeness (QED) is 0.247. The van der Waals surface area contributed by atoms with Crippen molar-refractivity contribution in [1.29, 1.82) is 0 Å². The molecule has 0 atom stereocenters. The summed E-state index contributed by atoms with van der Waals surface area (Å²) in [6, 6.07) is 19.6. The second-order valence-electron chi connectivity index (χ2n) is 8.09. The number of thioether (sulfide) groups is 3. The first-order chi connectivity index (χ1) is 15.2. The van der Waals surface area contributed by atoms with Gasteiger partial charge in [0.2, 0.25) is 0 Å². The summed E-state index contributed by atoms with van der Waals surface area (Å²) < 4.78 is 1.59. The Kier molecular flexibility index (Phi) is 8.91. The number of hydrogen-bond donors (Lipinski definition) is 0. The van der Waals surface area contributed by atoms with Gasteiger partial charge in [0.25, 0.3) is 0 Å². The molecule has 0 radical (unpaired) electrons. The van der Waals surface area contributed by atoms with Crippen LogP contribution in [0.25, 0.3) is 0 Å². The van der Waals surface area contributed by atoms with Crippen LogP contribution in [0, 0.1) is 41.5 Å². The van der Waals surface area contributed by atoms with Gasteiger partial charge in [-0.1, -0.05) is 65.1 Å². The maximum absolute atomic E-state index is 6.55. The lowest BCUT2D eigenvalue weighted by atomic mass is 10.2. The molecule has 0 spiro atoms. The van der Waals surface area contributed by atoms with E-state index in [4.69, 9.17) is 11.6 Å². The molecule has 3 aromatic rings. The fourth-order valence-electron chi connectivity index (χ4n) is 3.49. The molecule has 3 aromatic carbocycles. The molecule has 0 bridgehead atoms. The molecular formula is C28H27ClS3. The topological polar surface area (TPSA) is 0 Å². The molecule has 3 rings (SSSR count). The average Bonchev–Trinajstić information content (AvgIpc) is 2.63. The van der Waals surface area contributed by atoms with E-state index in [0.717, 1.165) is 9.13 Å². The van der Waals surface area contributed by atoms with E-state index < -0.39 is 0 Å². The van der Waals surface area contributed by atoms with Crippen molar-refractivity contribution in [3.05, 3.63) is 108 Å². The maximum Gasteiger partial charge on any atom is 0.129 e. The summed E-state index contributed by atoms with van der Waals surface area (Å²) in [5, 5.41) is 0. The molecule has 0 aromatic heterocycles. The number of benzene rings is 3. The highest BCUT2D eigenvalue weighted by atomic mass is 35.5. The maximum atomic E-state index is 6.55. The lowest BCUT2D eigenvalue weighted by Crippen LogP contribution is -1.82. The molecule has 0 fully saturated rings. The van der Waals surface area contributed by atoms with Crippen molar-refractivity contribution in [3.8, 4) is 0 Å². The fraction of sp³-hybridized carbons (Fsp3) is 0.214. The van der Waals surface area contributed by atoms with Crippen LogP contribution in [0.3, 0.4) is 0 Å². The van der Waals surface area contributed by atoms with Crippen LogP contribution < -0.4 is 0 Å². The minimum atomic E-state index is 0.578. The Bertz CT molecular complexity index is 1130. The summed E-state index contributed by atoms with van der Waals surface area (Å²) in [7, 11) is 0. The van der Waals surface area contributed by atoms with E-state index in [1.807, 2.05) is 0 Å². The Labute approximate surface area is 210 Å². The third-order valence-corrected chi connectivity index (χ3v) is 7.57. The molecule has 0 unspecified atom stereocenters. The largest absolute Gasteiger partial charge is 0.129 e. The average molecular weight is 495 g/mol. The SMILES string of the molecule is Cc1cc(C)cc(SC(Cl)=C=C=C(Sc2cc(C)cc(C)c2)Sc2cc(C)cc(C)c2)c1. The van der Waals surface area contributed by atoms with Crippen LogP contribution in [0.15, 0.2) is 89.3 Å². The highest BCUT2D eigenvalue weighted by Crippen LogP contribution is 2.40. The first-order valence-corrected chi connectivity index (χ1v) is 13.2. The van der Waals surface area contributed by atoms with Crippen LogP contribution in [0.1, 0.15) is 33.4 Å². The summed E-state index contributed by atoms with van der Waals surface area (Å²) in [6.07, 6.45) is 0. The van der Waals surface area contributed by atoms with Crippen LogP contribution in [0.4, 0.5) is 0 Å². The Hall–Kier alpha value is -1.70. The van der Waals surface area contributed by atoms with Gasteiger partial charge in [0.05, 0.1) is 0 Å². The summed E-state index contributed by atoms with van der Waals surface area (Å²) >= 11 is 11.5. The van der Waals surface area contributed by atoms with Crippen molar-refractivity contribution in [3.63, 3.8) is 0 Å². The predicted molar refractivity (Wildman–Crippen MR) is 145 cm³/mol. The lowest BCUT2D eigenvalue weighted by Gasteiger charge is -2.08. The highest BCUT2D eigenvalue weighted by Gasteiger charge is 2.07. The zero-order valence-electron chi connectivity index (χ0n) is 19.3. The van der Waals surface area contributed by atoms with Gasteiger partial charge in [-0.3, -0.25) is 0 Å². The molecule has 0 aliphatic carbocycles. The standard InChI is InChI=1S/C28H27ClS3/c1-18-9-19(2)13-24(12-18)30-27(29)7-8-28(31-25-14-20(3)10-21(4)15-25)32-26-16-22(5)11-23(6)17-26/h9-17H,1-6H3. The van der Waals surface area contributed by atoms with Crippen LogP contribution in [-0.4, -0.2) is 0 Å². The number of rotatable bonds is 6. The van der Waals surface area contributed by atoms with E-state index in [1.165, 1.54) is 54.9 Å². The molecule has 0 aliphatic heterocycles. The molecule has 164 valence electrons. The van der Waals surface area contributed by atoms with Gasteiger partial charge in [-0.15, -0.1) is 0 Å². The molecule has 4 heteroatoms. The minimum Gasteiger partial charge on any atom is -0.0737 e. The second-order valence-corrected chi connectivity index (χ2v) is 12.2. The molecule has 0 saturated carbocycles.